The molecule has 3 atom stereocenters. The lowest BCUT2D eigenvalue weighted by Gasteiger charge is -2.31. The predicted molar refractivity (Wildman–Crippen MR) is 68.5 cm³/mol. The zero-order valence-corrected chi connectivity index (χ0v) is 11.7. The molecule has 0 amide bonds. The van der Waals surface area contributed by atoms with Gasteiger partial charge in [0.05, 0.1) is 0 Å². The van der Waals surface area contributed by atoms with Gasteiger partial charge in [0.15, 0.2) is 0 Å². The molecule has 2 nitrogen and oxygen atoms in total. The van der Waals surface area contributed by atoms with E-state index in [1.807, 2.05) is 14.2 Å². The number of allylic oxidation sites excluding steroid dienone is 2. The number of hydrogen-bond donors (Lipinski definition) is 0. The van der Waals surface area contributed by atoms with Gasteiger partial charge in [-0.05, 0) is 42.7 Å². The van der Waals surface area contributed by atoms with Gasteiger partial charge in [-0.25, -0.2) is 0 Å². The maximum atomic E-state index is 5.79. The Kier molecular flexibility index (Phi) is 3.87. The normalized spacial score (nSPS) is 32.6. The summed E-state index contributed by atoms with van der Waals surface area (Å²) in [6.45, 7) is 2.22. The molecule has 0 radical (unpaired) electrons. The van der Waals surface area contributed by atoms with Crippen LogP contribution in [0.3, 0.4) is 0 Å². The maximum Gasteiger partial charge on any atom is 0.337 e. The zero-order chi connectivity index (χ0) is 11.6. The minimum absolute atomic E-state index is 0.819. The fraction of sp³-hybridized carbons (Fsp3) is 0.846. The summed E-state index contributed by atoms with van der Waals surface area (Å²) >= 11 is 0. The summed E-state index contributed by atoms with van der Waals surface area (Å²) in [5.74, 6) is 2.50. The van der Waals surface area contributed by atoms with Crippen molar-refractivity contribution in [1.82, 2.24) is 0 Å². The third-order valence-corrected chi connectivity index (χ3v) is 8.26. The summed E-state index contributed by atoms with van der Waals surface area (Å²) in [7, 11) is 1.80. The Labute approximate surface area is 100 Å². The van der Waals surface area contributed by atoms with Gasteiger partial charge in [-0.3, -0.25) is 0 Å². The highest BCUT2D eigenvalue weighted by molar-refractivity contribution is 6.67. The van der Waals surface area contributed by atoms with Gasteiger partial charge < -0.3 is 8.85 Å². The van der Waals surface area contributed by atoms with Crippen LogP contribution in [-0.2, 0) is 8.85 Å². The van der Waals surface area contributed by atoms with Crippen molar-refractivity contribution >= 4 is 8.56 Å². The van der Waals surface area contributed by atoms with E-state index in [2.05, 4.69) is 19.1 Å². The van der Waals surface area contributed by atoms with Crippen LogP contribution in [0, 0.1) is 17.8 Å². The van der Waals surface area contributed by atoms with Crippen LogP contribution in [0.5, 0.6) is 0 Å². The molecule has 0 N–H and O–H groups in total. The Bertz CT molecular complexity index is 261. The van der Waals surface area contributed by atoms with Gasteiger partial charge in [0.1, 0.15) is 0 Å². The predicted octanol–water partition coefficient (Wildman–Crippen LogP) is 3.34. The van der Waals surface area contributed by atoms with Crippen LogP contribution < -0.4 is 0 Å². The fourth-order valence-electron chi connectivity index (χ4n) is 3.47. The van der Waals surface area contributed by atoms with Crippen LogP contribution in [0.4, 0.5) is 0 Å². The van der Waals surface area contributed by atoms with E-state index in [-0.39, 0.29) is 0 Å². The highest BCUT2D eigenvalue weighted by Gasteiger charge is 2.44. The average molecular weight is 240 g/mol. The fourth-order valence-corrected chi connectivity index (χ4v) is 6.61. The first kappa shape index (κ1) is 12.3. The highest BCUT2D eigenvalue weighted by Crippen LogP contribution is 2.47. The second-order valence-corrected chi connectivity index (χ2v) is 8.86. The number of fused-ring (bicyclic) bond motifs is 2. The van der Waals surface area contributed by atoms with Crippen molar-refractivity contribution < 1.29 is 8.85 Å². The zero-order valence-electron chi connectivity index (χ0n) is 10.7. The minimum atomic E-state index is -1.88. The van der Waals surface area contributed by atoms with Crippen LogP contribution in [0.15, 0.2) is 12.2 Å². The van der Waals surface area contributed by atoms with E-state index in [4.69, 9.17) is 8.85 Å². The molecule has 92 valence electrons. The van der Waals surface area contributed by atoms with E-state index < -0.39 is 8.56 Å². The smallest absolute Gasteiger partial charge is 0.337 e. The van der Waals surface area contributed by atoms with Gasteiger partial charge in [-0.1, -0.05) is 25.5 Å². The van der Waals surface area contributed by atoms with E-state index in [9.17, 15) is 0 Å². The molecule has 0 aliphatic heterocycles. The van der Waals surface area contributed by atoms with Crippen molar-refractivity contribution in [3.63, 3.8) is 0 Å². The Morgan fingerprint density at radius 3 is 2.38 bits per heavy atom. The molecule has 16 heavy (non-hydrogen) atoms. The van der Waals surface area contributed by atoms with Gasteiger partial charge in [-0.15, -0.1) is 0 Å². The third kappa shape index (κ3) is 2.26. The Morgan fingerprint density at radius 1 is 1.19 bits per heavy atom. The Hall–Kier alpha value is -0.123. The number of rotatable bonds is 6. The summed E-state index contributed by atoms with van der Waals surface area (Å²) in [4.78, 5) is 0. The van der Waals surface area contributed by atoms with E-state index >= 15 is 0 Å². The second-order valence-electron chi connectivity index (χ2n) is 5.31. The minimum Gasteiger partial charge on any atom is -0.398 e. The van der Waals surface area contributed by atoms with Crippen molar-refractivity contribution in [2.45, 2.75) is 38.3 Å². The Morgan fingerprint density at radius 2 is 1.94 bits per heavy atom. The summed E-state index contributed by atoms with van der Waals surface area (Å²) < 4.78 is 11.6. The molecule has 0 aromatic rings. The molecule has 1 fully saturated rings. The molecular weight excluding hydrogens is 216 g/mol. The topological polar surface area (TPSA) is 18.5 Å². The van der Waals surface area contributed by atoms with Gasteiger partial charge in [0, 0.05) is 14.2 Å². The molecule has 0 aromatic carbocycles. The van der Waals surface area contributed by atoms with Crippen molar-refractivity contribution in [3.8, 4) is 0 Å². The van der Waals surface area contributed by atoms with E-state index in [1.165, 1.54) is 25.3 Å². The molecule has 3 unspecified atom stereocenters. The number of hydrogen-bond acceptors (Lipinski definition) is 2. The van der Waals surface area contributed by atoms with Crippen molar-refractivity contribution in [3.05, 3.63) is 12.2 Å². The molecule has 2 aliphatic carbocycles. The summed E-state index contributed by atoms with van der Waals surface area (Å²) in [6, 6.07) is 2.33. The lowest BCUT2D eigenvalue weighted by molar-refractivity contribution is 0.229. The quantitative estimate of drug-likeness (QED) is 0.523. The summed E-state index contributed by atoms with van der Waals surface area (Å²) in [6.07, 6.45) is 8.75. The van der Waals surface area contributed by atoms with Gasteiger partial charge in [-0.2, -0.15) is 0 Å². The molecule has 2 bridgehead atoms. The lowest BCUT2D eigenvalue weighted by atomic mass is 9.96. The first-order chi connectivity index (χ1) is 7.73. The molecule has 0 spiro atoms. The molecule has 0 heterocycles. The first-order valence-electron chi connectivity index (χ1n) is 6.51. The standard InChI is InChI=1S/C13H24O2Si/c1-4-7-16(14-2,15-3)10-13-9-11-5-6-12(13)8-11/h5-6,11-13H,4,7-10H2,1-3H3. The molecular formula is C13H24O2Si. The van der Waals surface area contributed by atoms with Crippen LogP contribution in [-0.4, -0.2) is 22.8 Å². The molecule has 2 rings (SSSR count). The van der Waals surface area contributed by atoms with Crippen molar-refractivity contribution in [2.24, 2.45) is 17.8 Å². The van der Waals surface area contributed by atoms with Crippen molar-refractivity contribution in [2.75, 3.05) is 14.2 Å². The van der Waals surface area contributed by atoms with E-state index in [1.54, 1.807) is 0 Å². The average Bonchev–Trinajstić information content (AvgIpc) is 2.90. The molecule has 1 saturated carbocycles. The summed E-state index contributed by atoms with van der Waals surface area (Å²) in [5.41, 5.74) is 0. The summed E-state index contributed by atoms with van der Waals surface area (Å²) in [5, 5.41) is 0. The van der Waals surface area contributed by atoms with Crippen LogP contribution in [0.2, 0.25) is 12.1 Å². The van der Waals surface area contributed by atoms with Crippen LogP contribution >= 0.6 is 0 Å². The largest absolute Gasteiger partial charge is 0.398 e. The third-order valence-electron chi connectivity index (χ3n) is 4.36. The van der Waals surface area contributed by atoms with Gasteiger partial charge >= 0.3 is 8.56 Å². The van der Waals surface area contributed by atoms with E-state index in [0.717, 1.165) is 23.8 Å². The van der Waals surface area contributed by atoms with E-state index in [0.29, 0.717) is 0 Å². The van der Waals surface area contributed by atoms with Crippen LogP contribution in [0.1, 0.15) is 26.2 Å². The molecule has 2 aliphatic rings. The molecule has 0 aromatic heterocycles. The molecule has 3 heteroatoms. The van der Waals surface area contributed by atoms with Crippen molar-refractivity contribution in [1.29, 1.82) is 0 Å². The van der Waals surface area contributed by atoms with Gasteiger partial charge in [0.25, 0.3) is 0 Å². The van der Waals surface area contributed by atoms with Gasteiger partial charge in [0.2, 0.25) is 0 Å². The first-order valence-corrected chi connectivity index (χ1v) is 8.74. The maximum absolute atomic E-state index is 5.79. The molecule has 0 saturated heterocycles. The second kappa shape index (κ2) is 5.03. The monoisotopic (exact) mass is 240 g/mol. The highest BCUT2D eigenvalue weighted by atomic mass is 28.4. The SMILES string of the molecule is CCC[Si](CC1CC2C=CC1C2)(OC)OC. The Balaban J connectivity index is 1.98. The van der Waals surface area contributed by atoms with Crippen LogP contribution in [0.25, 0.3) is 0 Å². The lowest BCUT2D eigenvalue weighted by Crippen LogP contribution is -2.42.